The van der Waals surface area contributed by atoms with Gasteiger partial charge in [-0.25, -0.2) is 8.42 Å². The van der Waals surface area contributed by atoms with Crippen molar-refractivity contribution in [2.75, 3.05) is 6.54 Å². The molecule has 0 radical (unpaired) electrons. The summed E-state index contributed by atoms with van der Waals surface area (Å²) in [5.41, 5.74) is 3.15. The largest absolute Gasteiger partial charge is 0.264 e. The van der Waals surface area contributed by atoms with Crippen LogP contribution in [-0.4, -0.2) is 24.3 Å². The van der Waals surface area contributed by atoms with Crippen LogP contribution in [0, 0.1) is 13.8 Å². The van der Waals surface area contributed by atoms with Gasteiger partial charge in [0.1, 0.15) is 0 Å². The molecule has 0 N–H and O–H groups in total. The SMILES string of the molecule is Cc1ccc(S(=O)(=O)N2CCC[C@H]2c2cnccc2C)cc1. The van der Waals surface area contributed by atoms with Gasteiger partial charge in [0.05, 0.1) is 10.9 Å². The van der Waals surface area contributed by atoms with Crippen molar-refractivity contribution in [3.63, 3.8) is 0 Å². The van der Waals surface area contributed by atoms with Crippen LogP contribution < -0.4 is 0 Å². The standard InChI is InChI=1S/C17H20N2O2S/c1-13-5-7-15(8-6-13)22(20,21)19-11-3-4-17(19)16-12-18-10-9-14(16)2/h5-10,12,17H,3-4,11H2,1-2H3/t17-/m0/s1. The monoisotopic (exact) mass is 316 g/mol. The van der Waals surface area contributed by atoms with Crippen molar-refractivity contribution in [2.24, 2.45) is 0 Å². The van der Waals surface area contributed by atoms with Crippen LogP contribution in [0.25, 0.3) is 0 Å². The first-order valence-corrected chi connectivity index (χ1v) is 8.93. The number of pyridine rings is 1. The molecule has 1 saturated heterocycles. The first-order chi connectivity index (χ1) is 10.5. The molecule has 1 aromatic carbocycles. The molecule has 0 unspecified atom stereocenters. The van der Waals surface area contributed by atoms with Crippen LogP contribution in [-0.2, 0) is 10.0 Å². The summed E-state index contributed by atoms with van der Waals surface area (Å²) in [5, 5.41) is 0. The van der Waals surface area contributed by atoms with Gasteiger partial charge in [0, 0.05) is 18.9 Å². The highest BCUT2D eigenvalue weighted by molar-refractivity contribution is 7.89. The van der Waals surface area contributed by atoms with E-state index in [1.165, 1.54) is 0 Å². The van der Waals surface area contributed by atoms with E-state index < -0.39 is 10.0 Å². The van der Waals surface area contributed by atoms with E-state index in [1.54, 1.807) is 28.8 Å². The van der Waals surface area contributed by atoms with Gasteiger partial charge >= 0.3 is 0 Å². The fourth-order valence-electron chi connectivity index (χ4n) is 3.01. The summed E-state index contributed by atoms with van der Waals surface area (Å²) in [6.45, 7) is 4.52. The summed E-state index contributed by atoms with van der Waals surface area (Å²) in [6.07, 6.45) is 5.26. The normalized spacial score (nSPS) is 19.5. The highest BCUT2D eigenvalue weighted by Gasteiger charge is 2.36. The van der Waals surface area contributed by atoms with Crippen LogP contribution in [0.15, 0.2) is 47.6 Å². The predicted molar refractivity (Wildman–Crippen MR) is 86.0 cm³/mol. The Labute approximate surface area is 131 Å². The van der Waals surface area contributed by atoms with Gasteiger partial charge in [0.25, 0.3) is 0 Å². The molecule has 2 aromatic rings. The van der Waals surface area contributed by atoms with Crippen LogP contribution in [0.3, 0.4) is 0 Å². The summed E-state index contributed by atoms with van der Waals surface area (Å²) in [5.74, 6) is 0. The lowest BCUT2D eigenvalue weighted by molar-refractivity contribution is 0.395. The van der Waals surface area contributed by atoms with Gasteiger partial charge in [-0.05, 0) is 56.0 Å². The fraction of sp³-hybridized carbons (Fsp3) is 0.353. The Kier molecular flexibility index (Phi) is 4.02. The molecule has 1 aliphatic rings. The molecule has 0 aliphatic carbocycles. The maximum Gasteiger partial charge on any atom is 0.243 e. The third kappa shape index (κ3) is 2.66. The van der Waals surface area contributed by atoms with Gasteiger partial charge in [-0.15, -0.1) is 0 Å². The molecular weight excluding hydrogens is 296 g/mol. The maximum atomic E-state index is 12.9. The minimum absolute atomic E-state index is 0.111. The third-order valence-corrected chi connectivity index (χ3v) is 6.19. The molecule has 0 saturated carbocycles. The minimum Gasteiger partial charge on any atom is -0.264 e. The number of nitrogens with zero attached hydrogens (tertiary/aromatic N) is 2. The second-order valence-corrected chi connectivity index (χ2v) is 7.71. The predicted octanol–water partition coefficient (Wildman–Crippen LogP) is 3.22. The Morgan fingerprint density at radius 3 is 2.55 bits per heavy atom. The summed E-state index contributed by atoms with van der Waals surface area (Å²) in [7, 11) is -3.46. The van der Waals surface area contributed by atoms with E-state index in [-0.39, 0.29) is 6.04 Å². The van der Waals surface area contributed by atoms with Crippen LogP contribution in [0.4, 0.5) is 0 Å². The fourth-order valence-corrected chi connectivity index (χ4v) is 4.68. The van der Waals surface area contributed by atoms with E-state index in [0.29, 0.717) is 11.4 Å². The number of hydrogen-bond donors (Lipinski definition) is 0. The van der Waals surface area contributed by atoms with Gasteiger partial charge in [-0.1, -0.05) is 17.7 Å². The van der Waals surface area contributed by atoms with E-state index in [1.807, 2.05) is 32.0 Å². The molecule has 5 heteroatoms. The lowest BCUT2D eigenvalue weighted by atomic mass is 10.0. The number of benzene rings is 1. The molecule has 3 rings (SSSR count). The van der Waals surface area contributed by atoms with Crippen LogP contribution >= 0.6 is 0 Å². The summed E-state index contributed by atoms with van der Waals surface area (Å²) in [6, 6.07) is 8.89. The van der Waals surface area contributed by atoms with Gasteiger partial charge in [-0.3, -0.25) is 4.98 Å². The molecule has 0 amide bonds. The third-order valence-electron chi connectivity index (χ3n) is 4.27. The Morgan fingerprint density at radius 1 is 1.14 bits per heavy atom. The Morgan fingerprint density at radius 2 is 1.86 bits per heavy atom. The number of sulfonamides is 1. The number of hydrogen-bond acceptors (Lipinski definition) is 3. The maximum absolute atomic E-state index is 12.9. The Hall–Kier alpha value is -1.72. The zero-order chi connectivity index (χ0) is 15.7. The molecule has 1 fully saturated rings. The highest BCUT2D eigenvalue weighted by atomic mass is 32.2. The molecule has 1 atom stereocenters. The summed E-state index contributed by atoms with van der Waals surface area (Å²) >= 11 is 0. The van der Waals surface area contributed by atoms with Crippen molar-refractivity contribution in [3.8, 4) is 0 Å². The lowest BCUT2D eigenvalue weighted by Gasteiger charge is -2.25. The number of aromatic nitrogens is 1. The number of aryl methyl sites for hydroxylation is 2. The molecular formula is C17H20N2O2S. The second-order valence-electron chi connectivity index (χ2n) is 5.82. The molecule has 4 nitrogen and oxygen atoms in total. The highest BCUT2D eigenvalue weighted by Crippen LogP contribution is 2.37. The quantitative estimate of drug-likeness (QED) is 0.873. The van der Waals surface area contributed by atoms with Gasteiger partial charge in [0.2, 0.25) is 10.0 Å². The van der Waals surface area contributed by atoms with Crippen molar-refractivity contribution in [3.05, 3.63) is 59.4 Å². The zero-order valence-electron chi connectivity index (χ0n) is 12.9. The lowest BCUT2D eigenvalue weighted by Crippen LogP contribution is -2.31. The van der Waals surface area contributed by atoms with E-state index in [2.05, 4.69) is 4.98 Å². The summed E-state index contributed by atoms with van der Waals surface area (Å²) < 4.78 is 27.5. The topological polar surface area (TPSA) is 50.3 Å². The summed E-state index contributed by atoms with van der Waals surface area (Å²) in [4.78, 5) is 4.54. The Balaban J connectivity index is 1.99. The Bertz CT molecular complexity index is 770. The average Bonchev–Trinajstić information content (AvgIpc) is 2.98. The van der Waals surface area contributed by atoms with Crippen molar-refractivity contribution in [1.29, 1.82) is 0 Å². The van der Waals surface area contributed by atoms with Crippen molar-refractivity contribution in [2.45, 2.75) is 37.6 Å². The second kappa shape index (κ2) is 5.82. The first-order valence-electron chi connectivity index (χ1n) is 7.49. The first kappa shape index (κ1) is 15.2. The van der Waals surface area contributed by atoms with Crippen LogP contribution in [0.2, 0.25) is 0 Å². The van der Waals surface area contributed by atoms with Gasteiger partial charge in [-0.2, -0.15) is 4.31 Å². The molecule has 22 heavy (non-hydrogen) atoms. The van der Waals surface area contributed by atoms with Crippen LogP contribution in [0.1, 0.15) is 35.6 Å². The molecule has 0 bridgehead atoms. The van der Waals surface area contributed by atoms with E-state index >= 15 is 0 Å². The molecule has 1 aliphatic heterocycles. The molecule has 116 valence electrons. The smallest absolute Gasteiger partial charge is 0.243 e. The van der Waals surface area contributed by atoms with Gasteiger partial charge in [0.15, 0.2) is 0 Å². The molecule has 1 aromatic heterocycles. The number of rotatable bonds is 3. The van der Waals surface area contributed by atoms with E-state index in [9.17, 15) is 8.42 Å². The van der Waals surface area contributed by atoms with Gasteiger partial charge < -0.3 is 0 Å². The van der Waals surface area contributed by atoms with E-state index in [4.69, 9.17) is 0 Å². The average molecular weight is 316 g/mol. The van der Waals surface area contributed by atoms with Crippen molar-refractivity contribution >= 4 is 10.0 Å². The minimum atomic E-state index is -3.46. The van der Waals surface area contributed by atoms with E-state index in [0.717, 1.165) is 29.5 Å². The zero-order valence-corrected chi connectivity index (χ0v) is 13.7. The molecule has 2 heterocycles. The van der Waals surface area contributed by atoms with Crippen LogP contribution in [0.5, 0.6) is 0 Å². The van der Waals surface area contributed by atoms with Crippen molar-refractivity contribution in [1.82, 2.24) is 9.29 Å². The van der Waals surface area contributed by atoms with Crippen molar-refractivity contribution < 1.29 is 8.42 Å². The molecule has 0 spiro atoms.